The van der Waals surface area contributed by atoms with Crippen LogP contribution in [0.4, 0.5) is 22.1 Å². The normalized spacial score (nSPS) is 10.6. The molecule has 27 heavy (non-hydrogen) atoms. The van der Waals surface area contributed by atoms with E-state index < -0.39 is 0 Å². The van der Waals surface area contributed by atoms with E-state index in [-0.39, 0.29) is 6.03 Å². The second-order valence-electron chi connectivity index (χ2n) is 6.46. The number of nitrogens with one attached hydrogen (secondary N) is 2. The molecule has 0 bridgehead atoms. The largest absolute Gasteiger partial charge is 0.362 e. The van der Waals surface area contributed by atoms with Gasteiger partial charge in [0.15, 0.2) is 5.82 Å². The summed E-state index contributed by atoms with van der Waals surface area (Å²) in [6, 6.07) is 5.55. The monoisotopic (exact) mass is 382 g/mol. The van der Waals surface area contributed by atoms with Crippen molar-refractivity contribution < 1.29 is 4.79 Å². The van der Waals surface area contributed by atoms with Crippen molar-refractivity contribution in [1.29, 1.82) is 0 Å². The number of nitrogens with zero attached hydrogens (tertiary/aromatic N) is 4. The fourth-order valence-corrected chi connectivity index (χ4v) is 3.62. The van der Waals surface area contributed by atoms with Crippen molar-refractivity contribution >= 4 is 34.7 Å². The number of aromatic nitrogens is 3. The minimum atomic E-state index is -0.374. The summed E-state index contributed by atoms with van der Waals surface area (Å²) in [4.78, 5) is 28.5. The van der Waals surface area contributed by atoms with E-state index >= 15 is 0 Å². The third-order valence-electron chi connectivity index (χ3n) is 3.87. The Labute approximate surface area is 162 Å². The first-order valence-corrected chi connectivity index (χ1v) is 9.27. The minimum Gasteiger partial charge on any atom is -0.362 e. The lowest BCUT2D eigenvalue weighted by Crippen LogP contribution is -2.20. The molecule has 0 saturated carbocycles. The van der Waals surface area contributed by atoms with E-state index in [4.69, 9.17) is 4.98 Å². The number of hydrogen-bond donors (Lipinski definition) is 2. The summed E-state index contributed by atoms with van der Waals surface area (Å²) in [5.41, 5.74) is 3.42. The standard InChI is InChI=1S/C19H22N6OS/c1-11-6-7-14(18-24-17(25(4)5)13(3)27-18)15(8-11)22-19(26)23-16-10-20-12(2)9-21-16/h6-10H,1-5H3,(H2,21,22,23,26). The average Bonchev–Trinajstić information content (AvgIpc) is 2.99. The van der Waals surface area contributed by atoms with Gasteiger partial charge in [0.1, 0.15) is 10.8 Å². The molecule has 2 N–H and O–H groups in total. The van der Waals surface area contributed by atoms with Crippen molar-refractivity contribution in [3.05, 3.63) is 46.7 Å². The summed E-state index contributed by atoms with van der Waals surface area (Å²) in [5.74, 6) is 1.33. The van der Waals surface area contributed by atoms with Crippen LogP contribution in [-0.2, 0) is 0 Å². The van der Waals surface area contributed by atoms with Crippen LogP contribution in [0.25, 0.3) is 10.6 Å². The van der Waals surface area contributed by atoms with Crippen molar-refractivity contribution in [2.75, 3.05) is 29.6 Å². The lowest BCUT2D eigenvalue weighted by atomic mass is 10.1. The van der Waals surface area contributed by atoms with Gasteiger partial charge >= 0.3 is 6.03 Å². The van der Waals surface area contributed by atoms with Gasteiger partial charge in [-0.1, -0.05) is 6.07 Å². The van der Waals surface area contributed by atoms with Gasteiger partial charge in [0.2, 0.25) is 0 Å². The van der Waals surface area contributed by atoms with Gasteiger partial charge in [-0.05, 0) is 38.5 Å². The highest BCUT2D eigenvalue weighted by Gasteiger charge is 2.16. The molecule has 2 heterocycles. The van der Waals surface area contributed by atoms with E-state index in [0.717, 1.165) is 32.5 Å². The number of thiazole rings is 1. The summed E-state index contributed by atoms with van der Waals surface area (Å²) in [6.45, 7) is 5.87. The number of benzene rings is 1. The third kappa shape index (κ3) is 4.40. The zero-order chi connectivity index (χ0) is 19.6. The average molecular weight is 382 g/mol. The molecule has 0 radical (unpaired) electrons. The van der Waals surface area contributed by atoms with Crippen molar-refractivity contribution in [3.63, 3.8) is 0 Å². The molecular formula is C19H22N6OS. The molecule has 7 nitrogen and oxygen atoms in total. The third-order valence-corrected chi connectivity index (χ3v) is 4.87. The van der Waals surface area contributed by atoms with Gasteiger partial charge < -0.3 is 10.2 Å². The Balaban J connectivity index is 1.87. The smallest absolute Gasteiger partial charge is 0.324 e. The molecule has 0 atom stereocenters. The van der Waals surface area contributed by atoms with Gasteiger partial charge in [-0.15, -0.1) is 11.3 Å². The molecular weight excluding hydrogens is 360 g/mol. The molecule has 0 fully saturated rings. The summed E-state index contributed by atoms with van der Waals surface area (Å²) in [6.07, 6.45) is 3.13. The Morgan fingerprint density at radius 2 is 1.85 bits per heavy atom. The molecule has 0 aliphatic rings. The van der Waals surface area contributed by atoms with E-state index in [1.54, 1.807) is 17.5 Å². The van der Waals surface area contributed by atoms with E-state index in [9.17, 15) is 4.79 Å². The lowest BCUT2D eigenvalue weighted by Gasteiger charge is -2.12. The van der Waals surface area contributed by atoms with Crippen LogP contribution in [-0.4, -0.2) is 35.1 Å². The Bertz CT molecular complexity index is 965. The molecule has 140 valence electrons. The SMILES string of the molecule is Cc1ccc(-c2nc(N(C)C)c(C)s2)c(NC(=O)Nc2cnc(C)cn2)c1. The zero-order valence-electron chi connectivity index (χ0n) is 16.0. The fourth-order valence-electron chi connectivity index (χ4n) is 2.59. The second-order valence-corrected chi connectivity index (χ2v) is 7.67. The Morgan fingerprint density at radius 3 is 2.48 bits per heavy atom. The fraction of sp³-hybridized carbons (Fsp3) is 0.263. The van der Waals surface area contributed by atoms with E-state index in [2.05, 4.69) is 20.6 Å². The predicted molar refractivity (Wildman–Crippen MR) is 111 cm³/mol. The predicted octanol–water partition coefficient (Wildman–Crippen LogP) is 4.24. The van der Waals surface area contributed by atoms with E-state index in [1.807, 2.05) is 58.0 Å². The summed E-state index contributed by atoms with van der Waals surface area (Å²) in [7, 11) is 3.94. The first kappa shape index (κ1) is 18.8. The lowest BCUT2D eigenvalue weighted by molar-refractivity contribution is 0.262. The maximum absolute atomic E-state index is 12.4. The number of aryl methyl sites for hydroxylation is 3. The number of urea groups is 1. The highest BCUT2D eigenvalue weighted by molar-refractivity contribution is 7.15. The number of hydrogen-bond acceptors (Lipinski definition) is 6. The van der Waals surface area contributed by atoms with Crippen molar-refractivity contribution in [2.45, 2.75) is 20.8 Å². The summed E-state index contributed by atoms with van der Waals surface area (Å²) >= 11 is 1.60. The van der Waals surface area contributed by atoms with Crippen LogP contribution in [0.15, 0.2) is 30.6 Å². The first-order valence-electron chi connectivity index (χ1n) is 8.46. The Kier molecular flexibility index (Phi) is 5.36. The van der Waals surface area contributed by atoms with Crippen LogP contribution in [0.3, 0.4) is 0 Å². The van der Waals surface area contributed by atoms with Gasteiger partial charge in [0.05, 0.1) is 23.8 Å². The Hall–Kier alpha value is -3.00. The van der Waals surface area contributed by atoms with Crippen molar-refractivity contribution in [1.82, 2.24) is 15.0 Å². The molecule has 0 spiro atoms. The van der Waals surface area contributed by atoms with Crippen LogP contribution in [0.5, 0.6) is 0 Å². The molecule has 0 saturated heterocycles. The quantitative estimate of drug-likeness (QED) is 0.705. The number of anilines is 3. The van der Waals surface area contributed by atoms with Gasteiger partial charge in [0, 0.05) is 24.5 Å². The molecule has 3 aromatic rings. The molecule has 0 aliphatic carbocycles. The van der Waals surface area contributed by atoms with Gasteiger partial charge in [-0.3, -0.25) is 10.3 Å². The van der Waals surface area contributed by atoms with Crippen LogP contribution >= 0.6 is 11.3 Å². The van der Waals surface area contributed by atoms with E-state index in [1.165, 1.54) is 6.20 Å². The Morgan fingerprint density at radius 1 is 1.07 bits per heavy atom. The highest BCUT2D eigenvalue weighted by Crippen LogP contribution is 2.36. The topological polar surface area (TPSA) is 83.0 Å². The maximum Gasteiger partial charge on any atom is 0.324 e. The number of carbonyl (C=O) groups excluding carboxylic acids is 1. The molecule has 8 heteroatoms. The molecule has 1 aromatic carbocycles. The molecule has 2 aromatic heterocycles. The molecule has 0 aliphatic heterocycles. The highest BCUT2D eigenvalue weighted by atomic mass is 32.1. The van der Waals surface area contributed by atoms with Crippen LogP contribution in [0.2, 0.25) is 0 Å². The number of rotatable bonds is 4. The summed E-state index contributed by atoms with van der Waals surface area (Å²) < 4.78 is 0. The van der Waals surface area contributed by atoms with Crippen LogP contribution in [0.1, 0.15) is 16.1 Å². The number of carbonyl (C=O) groups is 1. The maximum atomic E-state index is 12.4. The van der Waals surface area contributed by atoms with Crippen LogP contribution in [0, 0.1) is 20.8 Å². The van der Waals surface area contributed by atoms with Crippen molar-refractivity contribution in [2.24, 2.45) is 0 Å². The van der Waals surface area contributed by atoms with Gasteiger partial charge in [-0.2, -0.15) is 0 Å². The second kappa shape index (κ2) is 7.71. The molecule has 3 rings (SSSR count). The van der Waals surface area contributed by atoms with Crippen molar-refractivity contribution in [3.8, 4) is 10.6 Å². The van der Waals surface area contributed by atoms with Gasteiger partial charge in [-0.25, -0.2) is 14.8 Å². The zero-order valence-corrected chi connectivity index (χ0v) is 16.8. The van der Waals surface area contributed by atoms with E-state index in [0.29, 0.717) is 11.5 Å². The minimum absolute atomic E-state index is 0.374. The van der Waals surface area contributed by atoms with Gasteiger partial charge in [0.25, 0.3) is 0 Å². The number of amides is 2. The molecule has 0 unspecified atom stereocenters. The summed E-state index contributed by atoms with van der Waals surface area (Å²) in [5, 5.41) is 6.47. The van der Waals surface area contributed by atoms with Crippen LogP contribution < -0.4 is 15.5 Å². The molecule has 2 amide bonds. The first-order chi connectivity index (χ1) is 12.8.